The number of hydrogen-bond donors (Lipinski definition) is 2. The van der Waals surface area contributed by atoms with Crippen LogP contribution in [0.5, 0.6) is 0 Å². The van der Waals surface area contributed by atoms with Crippen molar-refractivity contribution in [2.24, 2.45) is 0 Å². The summed E-state index contributed by atoms with van der Waals surface area (Å²) in [6, 6.07) is 0. The lowest BCUT2D eigenvalue weighted by molar-refractivity contribution is -0.137. The standard InChI is InChI=1S/C12H24F3NO2/c1-3-11(10-17,16-2)6-4-8-18-9-5-7-12(13,14)15/h16-17H,3-10H2,1-2H3. The molecule has 0 aromatic carbocycles. The van der Waals surface area contributed by atoms with Gasteiger partial charge >= 0.3 is 6.18 Å². The molecule has 110 valence electrons. The molecule has 0 saturated heterocycles. The zero-order valence-corrected chi connectivity index (χ0v) is 11.1. The highest BCUT2D eigenvalue weighted by Gasteiger charge is 2.26. The minimum atomic E-state index is -4.09. The molecule has 0 aliphatic carbocycles. The largest absolute Gasteiger partial charge is 0.394 e. The summed E-state index contributed by atoms with van der Waals surface area (Å²) in [6.45, 7) is 2.60. The van der Waals surface area contributed by atoms with E-state index in [0.717, 1.165) is 19.3 Å². The fraction of sp³-hybridized carbons (Fsp3) is 1.00. The molecule has 6 heteroatoms. The van der Waals surface area contributed by atoms with E-state index in [0.29, 0.717) is 6.61 Å². The highest BCUT2D eigenvalue weighted by atomic mass is 19.4. The Kier molecular flexibility index (Phi) is 8.56. The summed E-state index contributed by atoms with van der Waals surface area (Å²) < 4.78 is 40.6. The van der Waals surface area contributed by atoms with Crippen LogP contribution in [0.25, 0.3) is 0 Å². The third-order valence-corrected chi connectivity index (χ3v) is 3.20. The van der Waals surface area contributed by atoms with E-state index in [1.54, 1.807) is 7.05 Å². The van der Waals surface area contributed by atoms with E-state index in [-0.39, 0.29) is 25.2 Å². The number of halogens is 3. The van der Waals surface area contributed by atoms with Gasteiger partial charge in [-0.15, -0.1) is 0 Å². The van der Waals surface area contributed by atoms with Crippen LogP contribution in [0.4, 0.5) is 13.2 Å². The summed E-state index contributed by atoms with van der Waals surface area (Å²) in [5, 5.41) is 12.4. The molecule has 0 radical (unpaired) electrons. The molecule has 0 aliphatic rings. The molecule has 0 saturated carbocycles. The minimum absolute atomic E-state index is 0.00838. The van der Waals surface area contributed by atoms with Crippen LogP contribution in [0, 0.1) is 0 Å². The van der Waals surface area contributed by atoms with Crippen LogP contribution in [-0.2, 0) is 4.74 Å². The Morgan fingerprint density at radius 1 is 1.11 bits per heavy atom. The van der Waals surface area contributed by atoms with Crippen LogP contribution in [0.1, 0.15) is 39.0 Å². The highest BCUT2D eigenvalue weighted by Crippen LogP contribution is 2.21. The lowest BCUT2D eigenvalue weighted by atomic mass is 9.92. The number of ether oxygens (including phenoxy) is 1. The predicted molar refractivity (Wildman–Crippen MR) is 64.5 cm³/mol. The number of hydrogen-bond acceptors (Lipinski definition) is 3. The first-order valence-corrected chi connectivity index (χ1v) is 6.33. The second-order valence-electron chi connectivity index (χ2n) is 4.48. The molecule has 0 aliphatic heterocycles. The lowest BCUT2D eigenvalue weighted by Gasteiger charge is -2.30. The quantitative estimate of drug-likeness (QED) is 0.600. The zero-order chi connectivity index (χ0) is 14.1. The molecule has 3 nitrogen and oxygen atoms in total. The highest BCUT2D eigenvalue weighted by molar-refractivity contribution is 4.84. The number of alkyl halides is 3. The van der Waals surface area contributed by atoms with E-state index in [9.17, 15) is 18.3 Å². The molecule has 0 aromatic rings. The molecule has 0 spiro atoms. The average molecular weight is 271 g/mol. The normalized spacial score (nSPS) is 15.7. The number of nitrogens with one attached hydrogen (secondary N) is 1. The number of likely N-dealkylation sites (N-methyl/N-ethyl adjacent to an activating group) is 1. The number of rotatable bonds is 10. The lowest BCUT2D eigenvalue weighted by Crippen LogP contribution is -2.46. The summed E-state index contributed by atoms with van der Waals surface area (Å²) >= 11 is 0. The van der Waals surface area contributed by atoms with E-state index in [1.165, 1.54) is 0 Å². The summed E-state index contributed by atoms with van der Waals surface area (Å²) in [5.74, 6) is 0. The molecule has 0 rings (SSSR count). The van der Waals surface area contributed by atoms with E-state index < -0.39 is 12.6 Å². The molecule has 0 heterocycles. The average Bonchev–Trinajstić information content (AvgIpc) is 2.32. The molecule has 1 unspecified atom stereocenters. The van der Waals surface area contributed by atoms with Gasteiger partial charge in [0.15, 0.2) is 0 Å². The second kappa shape index (κ2) is 8.72. The number of aliphatic hydroxyl groups excluding tert-OH is 1. The van der Waals surface area contributed by atoms with Gasteiger partial charge in [-0.25, -0.2) is 0 Å². The maximum absolute atomic E-state index is 11.8. The molecule has 0 aromatic heterocycles. The van der Waals surface area contributed by atoms with Gasteiger partial charge in [0.25, 0.3) is 0 Å². The Bertz CT molecular complexity index is 198. The topological polar surface area (TPSA) is 41.5 Å². The van der Waals surface area contributed by atoms with Gasteiger partial charge in [-0.1, -0.05) is 6.92 Å². The smallest absolute Gasteiger partial charge is 0.389 e. The van der Waals surface area contributed by atoms with Gasteiger partial charge < -0.3 is 15.2 Å². The van der Waals surface area contributed by atoms with Crippen molar-refractivity contribution in [3.05, 3.63) is 0 Å². The van der Waals surface area contributed by atoms with Crippen molar-refractivity contribution < 1.29 is 23.0 Å². The van der Waals surface area contributed by atoms with Crippen LogP contribution < -0.4 is 5.32 Å². The van der Waals surface area contributed by atoms with Crippen molar-refractivity contribution in [3.63, 3.8) is 0 Å². The Hall–Kier alpha value is -0.330. The van der Waals surface area contributed by atoms with Gasteiger partial charge in [-0.3, -0.25) is 0 Å². The molecule has 0 amide bonds. The van der Waals surface area contributed by atoms with Crippen molar-refractivity contribution in [3.8, 4) is 0 Å². The summed E-state index contributed by atoms with van der Waals surface area (Å²) in [7, 11) is 1.80. The summed E-state index contributed by atoms with van der Waals surface area (Å²) in [6.07, 6.45) is -2.61. The van der Waals surface area contributed by atoms with Crippen molar-refractivity contribution in [1.29, 1.82) is 0 Å². The monoisotopic (exact) mass is 271 g/mol. The molecule has 0 bridgehead atoms. The first-order valence-electron chi connectivity index (χ1n) is 6.33. The maximum atomic E-state index is 11.8. The molecule has 2 N–H and O–H groups in total. The molecule has 1 atom stereocenters. The minimum Gasteiger partial charge on any atom is -0.394 e. The van der Waals surface area contributed by atoms with Crippen LogP contribution in [0.3, 0.4) is 0 Å². The maximum Gasteiger partial charge on any atom is 0.389 e. The van der Waals surface area contributed by atoms with Crippen molar-refractivity contribution >= 4 is 0 Å². The van der Waals surface area contributed by atoms with E-state index >= 15 is 0 Å². The van der Waals surface area contributed by atoms with Crippen LogP contribution in [-0.4, -0.2) is 43.7 Å². The van der Waals surface area contributed by atoms with Gasteiger partial charge in [0.05, 0.1) is 6.61 Å². The summed E-state index contributed by atoms with van der Waals surface area (Å²) in [4.78, 5) is 0. The molecular weight excluding hydrogens is 247 g/mol. The van der Waals surface area contributed by atoms with Crippen LogP contribution in [0.2, 0.25) is 0 Å². The van der Waals surface area contributed by atoms with Gasteiger partial charge in [0.2, 0.25) is 0 Å². The molecular formula is C12H24F3NO2. The van der Waals surface area contributed by atoms with Crippen molar-refractivity contribution in [1.82, 2.24) is 5.32 Å². The SMILES string of the molecule is CCC(CO)(CCCOCCCC(F)(F)F)NC. The van der Waals surface area contributed by atoms with E-state index in [2.05, 4.69) is 5.32 Å². The molecule has 18 heavy (non-hydrogen) atoms. The van der Waals surface area contributed by atoms with Crippen LogP contribution in [0.15, 0.2) is 0 Å². The Balaban J connectivity index is 3.56. The first-order chi connectivity index (χ1) is 8.39. The summed E-state index contributed by atoms with van der Waals surface area (Å²) in [5.41, 5.74) is -0.296. The Morgan fingerprint density at radius 3 is 2.06 bits per heavy atom. The van der Waals surface area contributed by atoms with Gasteiger partial charge in [0.1, 0.15) is 0 Å². The third kappa shape index (κ3) is 7.89. The Morgan fingerprint density at radius 2 is 1.67 bits per heavy atom. The molecule has 0 fully saturated rings. The fourth-order valence-corrected chi connectivity index (χ4v) is 1.74. The Labute approximate surface area is 107 Å². The second-order valence-corrected chi connectivity index (χ2v) is 4.48. The van der Waals surface area contributed by atoms with Gasteiger partial charge in [0, 0.05) is 25.2 Å². The van der Waals surface area contributed by atoms with E-state index in [1.807, 2.05) is 6.92 Å². The first kappa shape index (κ1) is 17.7. The van der Waals surface area contributed by atoms with Gasteiger partial charge in [-0.05, 0) is 32.7 Å². The van der Waals surface area contributed by atoms with E-state index in [4.69, 9.17) is 4.74 Å². The van der Waals surface area contributed by atoms with Gasteiger partial charge in [-0.2, -0.15) is 13.2 Å². The fourth-order valence-electron chi connectivity index (χ4n) is 1.74. The van der Waals surface area contributed by atoms with Crippen molar-refractivity contribution in [2.75, 3.05) is 26.9 Å². The van der Waals surface area contributed by atoms with Crippen molar-refractivity contribution in [2.45, 2.75) is 50.7 Å². The van der Waals surface area contributed by atoms with Crippen LogP contribution >= 0.6 is 0 Å². The predicted octanol–water partition coefficient (Wildman–Crippen LogP) is 2.49. The number of aliphatic hydroxyl groups is 1. The third-order valence-electron chi connectivity index (χ3n) is 3.20. The zero-order valence-electron chi connectivity index (χ0n) is 11.1.